The second-order valence-electron chi connectivity index (χ2n) is 7.29. The van der Waals surface area contributed by atoms with E-state index in [0.29, 0.717) is 6.54 Å². The number of hydrogen-bond acceptors (Lipinski definition) is 2. The minimum absolute atomic E-state index is 0.234. The summed E-state index contributed by atoms with van der Waals surface area (Å²) < 4.78 is 5.78. The van der Waals surface area contributed by atoms with Crippen molar-refractivity contribution >= 4 is 16.8 Å². The molecule has 1 aromatic carbocycles. The Bertz CT molecular complexity index is 744. The number of quaternary nitrogens is 1. The van der Waals surface area contributed by atoms with E-state index in [0.717, 1.165) is 32.6 Å². The van der Waals surface area contributed by atoms with Gasteiger partial charge in [0.25, 0.3) is 5.91 Å². The Hall–Kier alpha value is -1.85. The number of para-hydroxylation sites is 1. The maximum Gasteiger partial charge on any atom is 0.278 e. The minimum Gasteiger partial charge on any atom is -0.364 e. The zero-order valence-electron chi connectivity index (χ0n) is 14.5. The van der Waals surface area contributed by atoms with E-state index in [9.17, 15) is 4.79 Å². The molecule has 5 heteroatoms. The van der Waals surface area contributed by atoms with Crippen molar-refractivity contribution in [3.63, 3.8) is 0 Å². The fourth-order valence-corrected chi connectivity index (χ4v) is 4.24. The molecule has 2 aromatic rings. The molecule has 5 nitrogen and oxygen atoms in total. The van der Waals surface area contributed by atoms with Crippen molar-refractivity contribution < 1.29 is 14.4 Å². The summed E-state index contributed by atoms with van der Waals surface area (Å²) in [5.74, 6) is 0.266. The van der Waals surface area contributed by atoms with Crippen molar-refractivity contribution in [3.8, 4) is 0 Å². The monoisotopic (exact) mass is 328 g/mol. The lowest BCUT2D eigenvalue weighted by Gasteiger charge is -2.34. The molecule has 0 aliphatic carbocycles. The van der Waals surface area contributed by atoms with Crippen LogP contribution >= 0.6 is 0 Å². The van der Waals surface area contributed by atoms with E-state index >= 15 is 0 Å². The van der Waals surface area contributed by atoms with Crippen LogP contribution in [-0.4, -0.2) is 54.2 Å². The predicted molar refractivity (Wildman–Crippen MR) is 93.0 cm³/mol. The molecule has 1 amide bonds. The number of aromatic nitrogens is 1. The summed E-state index contributed by atoms with van der Waals surface area (Å²) in [5, 5.41) is 1.26. The second-order valence-corrected chi connectivity index (χ2v) is 7.29. The normalized spacial score (nSPS) is 27.2. The van der Waals surface area contributed by atoms with E-state index in [2.05, 4.69) is 43.1 Å². The maximum atomic E-state index is 12.8. The molecule has 2 atom stereocenters. The van der Waals surface area contributed by atoms with Gasteiger partial charge in [0.15, 0.2) is 6.54 Å². The van der Waals surface area contributed by atoms with Gasteiger partial charge in [-0.1, -0.05) is 18.2 Å². The molecule has 0 saturated carbocycles. The topological polar surface area (TPSA) is 49.8 Å². The summed E-state index contributed by atoms with van der Waals surface area (Å²) in [7, 11) is 0. The number of aromatic amines is 1. The summed E-state index contributed by atoms with van der Waals surface area (Å²) in [5.41, 5.74) is 3.77. The summed E-state index contributed by atoms with van der Waals surface area (Å²) in [6.07, 6.45) is 1.39. The van der Waals surface area contributed by atoms with E-state index in [1.54, 1.807) is 0 Å². The van der Waals surface area contributed by atoms with Gasteiger partial charge in [-0.25, -0.2) is 0 Å². The fraction of sp³-hybridized carbons (Fsp3) is 0.526. The van der Waals surface area contributed by atoms with Crippen LogP contribution in [0.25, 0.3) is 10.9 Å². The standard InChI is InChI=1S/C19H25N3O2/c1-13-9-21(10-14(2)24-13)12-19(23)22-8-7-18-16(11-22)15-5-3-4-6-17(15)20-18/h3-6,13-14,20H,7-12H2,1-2H3/p+1/t13-,14-/m0/s1. The fourth-order valence-electron chi connectivity index (χ4n) is 4.24. The molecule has 1 fully saturated rings. The molecule has 2 N–H and O–H groups in total. The van der Waals surface area contributed by atoms with Gasteiger partial charge in [-0.15, -0.1) is 0 Å². The van der Waals surface area contributed by atoms with Crippen LogP contribution in [0.5, 0.6) is 0 Å². The SMILES string of the molecule is C[C@H]1C[NH+](CC(=O)N2CCc3[nH]c4ccccc4c3C2)C[C@H](C)O1. The molecular formula is C19H26N3O2+. The molecule has 2 aliphatic heterocycles. The molecule has 128 valence electrons. The Morgan fingerprint density at radius 2 is 2.04 bits per heavy atom. The summed E-state index contributed by atoms with van der Waals surface area (Å²) in [6.45, 7) is 8.15. The first kappa shape index (κ1) is 15.7. The minimum atomic E-state index is 0.234. The quantitative estimate of drug-likeness (QED) is 0.855. The van der Waals surface area contributed by atoms with Crippen LogP contribution in [0.1, 0.15) is 25.1 Å². The second kappa shape index (κ2) is 6.22. The molecule has 0 spiro atoms. The van der Waals surface area contributed by atoms with Gasteiger partial charge in [0, 0.05) is 41.7 Å². The van der Waals surface area contributed by atoms with Gasteiger partial charge in [0.05, 0.1) is 0 Å². The van der Waals surface area contributed by atoms with Crippen molar-refractivity contribution in [2.45, 2.75) is 39.0 Å². The van der Waals surface area contributed by atoms with Crippen LogP contribution in [0.2, 0.25) is 0 Å². The molecule has 0 unspecified atom stereocenters. The van der Waals surface area contributed by atoms with E-state index in [4.69, 9.17) is 4.74 Å². The number of ether oxygens (including phenoxy) is 1. The third-order valence-corrected chi connectivity index (χ3v) is 5.25. The van der Waals surface area contributed by atoms with Crippen LogP contribution < -0.4 is 4.90 Å². The highest BCUT2D eigenvalue weighted by Crippen LogP contribution is 2.27. The van der Waals surface area contributed by atoms with Gasteiger partial charge in [-0.05, 0) is 19.9 Å². The molecule has 0 radical (unpaired) electrons. The van der Waals surface area contributed by atoms with Gasteiger partial charge in [-0.2, -0.15) is 0 Å². The highest BCUT2D eigenvalue weighted by atomic mass is 16.5. The number of hydrogen-bond donors (Lipinski definition) is 2. The number of H-pyrrole nitrogens is 1. The molecule has 2 aliphatic rings. The Kier molecular flexibility index (Phi) is 4.06. The first-order valence-electron chi connectivity index (χ1n) is 8.95. The summed E-state index contributed by atoms with van der Waals surface area (Å²) in [6, 6.07) is 8.38. The maximum absolute atomic E-state index is 12.8. The van der Waals surface area contributed by atoms with Crippen molar-refractivity contribution in [2.24, 2.45) is 0 Å². The van der Waals surface area contributed by atoms with Gasteiger partial charge in [0.1, 0.15) is 25.3 Å². The number of fused-ring (bicyclic) bond motifs is 3. The number of nitrogens with one attached hydrogen (secondary N) is 2. The van der Waals surface area contributed by atoms with Crippen LogP contribution in [0.4, 0.5) is 0 Å². The number of benzene rings is 1. The van der Waals surface area contributed by atoms with Gasteiger partial charge < -0.3 is 19.5 Å². The smallest absolute Gasteiger partial charge is 0.278 e. The van der Waals surface area contributed by atoms with Crippen LogP contribution in [0.15, 0.2) is 24.3 Å². The number of rotatable bonds is 2. The number of amides is 1. The Morgan fingerprint density at radius 1 is 1.29 bits per heavy atom. The Balaban J connectivity index is 1.47. The van der Waals surface area contributed by atoms with Gasteiger partial charge in [0.2, 0.25) is 0 Å². The van der Waals surface area contributed by atoms with Crippen molar-refractivity contribution in [1.82, 2.24) is 9.88 Å². The number of nitrogens with zero attached hydrogens (tertiary/aromatic N) is 1. The van der Waals surface area contributed by atoms with Crippen molar-refractivity contribution in [3.05, 3.63) is 35.5 Å². The lowest BCUT2D eigenvalue weighted by atomic mass is 10.0. The highest BCUT2D eigenvalue weighted by molar-refractivity contribution is 5.86. The lowest BCUT2D eigenvalue weighted by molar-refractivity contribution is -0.907. The Morgan fingerprint density at radius 3 is 2.83 bits per heavy atom. The molecule has 4 rings (SSSR count). The van der Waals surface area contributed by atoms with E-state index in [1.807, 2.05) is 4.90 Å². The van der Waals surface area contributed by atoms with E-state index in [1.165, 1.54) is 27.1 Å². The molecule has 3 heterocycles. The lowest BCUT2D eigenvalue weighted by Crippen LogP contribution is -3.16. The average molecular weight is 328 g/mol. The molecule has 0 bridgehead atoms. The molecule has 1 saturated heterocycles. The summed E-state index contributed by atoms with van der Waals surface area (Å²) >= 11 is 0. The van der Waals surface area contributed by atoms with E-state index in [-0.39, 0.29) is 18.1 Å². The molecular weight excluding hydrogens is 302 g/mol. The number of carbonyl (C=O) groups is 1. The van der Waals surface area contributed by atoms with Crippen LogP contribution in [0, 0.1) is 0 Å². The molecule has 24 heavy (non-hydrogen) atoms. The van der Waals surface area contributed by atoms with Crippen LogP contribution in [-0.2, 0) is 22.5 Å². The van der Waals surface area contributed by atoms with E-state index < -0.39 is 0 Å². The summed E-state index contributed by atoms with van der Waals surface area (Å²) in [4.78, 5) is 19.7. The van der Waals surface area contributed by atoms with Gasteiger partial charge >= 0.3 is 0 Å². The van der Waals surface area contributed by atoms with Crippen molar-refractivity contribution in [1.29, 1.82) is 0 Å². The van der Waals surface area contributed by atoms with Crippen molar-refractivity contribution in [2.75, 3.05) is 26.2 Å². The first-order valence-corrected chi connectivity index (χ1v) is 8.95. The molecule has 1 aromatic heterocycles. The largest absolute Gasteiger partial charge is 0.364 e. The third kappa shape index (κ3) is 2.94. The first-order chi connectivity index (χ1) is 11.6. The number of carbonyl (C=O) groups excluding carboxylic acids is 1. The zero-order valence-corrected chi connectivity index (χ0v) is 14.5. The van der Waals surface area contributed by atoms with Crippen LogP contribution in [0.3, 0.4) is 0 Å². The zero-order chi connectivity index (χ0) is 16.7. The number of morpholine rings is 1. The van der Waals surface area contributed by atoms with Gasteiger partial charge in [-0.3, -0.25) is 4.79 Å². The average Bonchev–Trinajstić information content (AvgIpc) is 2.91. The highest BCUT2D eigenvalue weighted by Gasteiger charge is 2.30. The Labute approximate surface area is 142 Å². The third-order valence-electron chi connectivity index (χ3n) is 5.25. The predicted octanol–water partition coefficient (Wildman–Crippen LogP) is 0.745.